The van der Waals surface area contributed by atoms with Crippen LogP contribution in [-0.4, -0.2) is 30.1 Å². The topological polar surface area (TPSA) is 15.3 Å². The van der Waals surface area contributed by atoms with Crippen LogP contribution in [0.4, 0.5) is 0 Å². The van der Waals surface area contributed by atoms with Crippen molar-refractivity contribution in [2.45, 2.75) is 31.8 Å². The van der Waals surface area contributed by atoms with E-state index in [0.717, 1.165) is 13.1 Å². The fraction of sp³-hybridized carbons (Fsp3) is 0.667. The van der Waals surface area contributed by atoms with E-state index >= 15 is 0 Å². The zero-order valence-electron chi connectivity index (χ0n) is 9.42. The molecule has 1 aromatic rings. The molecule has 0 aromatic carbocycles. The molecule has 0 saturated carbocycles. The van der Waals surface area contributed by atoms with Gasteiger partial charge >= 0.3 is 0 Å². The summed E-state index contributed by atoms with van der Waals surface area (Å²) in [6, 6.07) is 2.93. The largest absolute Gasteiger partial charge is 0.313 e. The van der Waals surface area contributed by atoms with Gasteiger partial charge in [-0.3, -0.25) is 4.90 Å². The van der Waals surface area contributed by atoms with Crippen molar-refractivity contribution in [1.29, 1.82) is 0 Å². The quantitative estimate of drug-likeness (QED) is 0.722. The smallest absolute Gasteiger partial charge is 0.0574 e. The summed E-state index contributed by atoms with van der Waals surface area (Å²) in [7, 11) is 0. The molecule has 1 N–H and O–H groups in total. The van der Waals surface area contributed by atoms with Gasteiger partial charge < -0.3 is 5.32 Å². The van der Waals surface area contributed by atoms with Crippen molar-refractivity contribution < 1.29 is 0 Å². The molecule has 0 spiro atoms. The van der Waals surface area contributed by atoms with Crippen LogP contribution in [0.3, 0.4) is 0 Å². The van der Waals surface area contributed by atoms with E-state index in [-0.39, 0.29) is 0 Å². The van der Waals surface area contributed by atoms with Gasteiger partial charge in [-0.05, 0) is 37.3 Å². The zero-order valence-corrected chi connectivity index (χ0v) is 10.2. The van der Waals surface area contributed by atoms with Crippen molar-refractivity contribution in [3.8, 4) is 0 Å². The molecule has 1 aromatic heterocycles. The monoisotopic (exact) mass is 222 g/mol. The normalized spacial score (nSPS) is 29.6. The van der Waals surface area contributed by atoms with Crippen LogP contribution in [0, 0.1) is 0 Å². The molecule has 15 heavy (non-hydrogen) atoms. The van der Waals surface area contributed by atoms with E-state index in [4.69, 9.17) is 0 Å². The lowest BCUT2D eigenvalue weighted by molar-refractivity contribution is 0.0316. The molecule has 3 heteroatoms. The molecular formula is C12H18N2S. The van der Waals surface area contributed by atoms with Gasteiger partial charge in [-0.1, -0.05) is 0 Å². The third-order valence-electron chi connectivity index (χ3n) is 3.75. The van der Waals surface area contributed by atoms with Gasteiger partial charge in [-0.15, -0.1) is 11.3 Å². The standard InChI is InChI=1S/C12H18N2S/c1-12(2)8-13-7-10-11-9(4-6-15-11)3-5-14(10)12/h4,6,10,13H,3,5,7-8H2,1-2H3. The maximum atomic E-state index is 3.57. The second-order valence-corrected chi connectivity index (χ2v) is 6.16. The van der Waals surface area contributed by atoms with E-state index in [2.05, 4.69) is 35.5 Å². The molecule has 2 aliphatic heterocycles. The first kappa shape index (κ1) is 9.82. The molecule has 2 nitrogen and oxygen atoms in total. The summed E-state index contributed by atoms with van der Waals surface area (Å²) in [4.78, 5) is 4.28. The summed E-state index contributed by atoms with van der Waals surface area (Å²) in [5, 5.41) is 5.82. The summed E-state index contributed by atoms with van der Waals surface area (Å²) in [5.74, 6) is 0. The van der Waals surface area contributed by atoms with Crippen LogP contribution >= 0.6 is 11.3 Å². The van der Waals surface area contributed by atoms with Crippen LogP contribution in [0.5, 0.6) is 0 Å². The van der Waals surface area contributed by atoms with Crippen molar-refractivity contribution in [2.24, 2.45) is 0 Å². The summed E-state index contributed by atoms with van der Waals surface area (Å²) in [6.45, 7) is 8.17. The lowest BCUT2D eigenvalue weighted by Crippen LogP contribution is -2.60. The molecule has 0 bridgehead atoms. The Bertz CT molecular complexity index is 369. The van der Waals surface area contributed by atoms with Gasteiger partial charge in [0.15, 0.2) is 0 Å². The number of nitrogens with one attached hydrogen (secondary N) is 1. The minimum absolute atomic E-state index is 0.310. The highest BCUT2D eigenvalue weighted by atomic mass is 32.1. The van der Waals surface area contributed by atoms with E-state index in [0.29, 0.717) is 11.6 Å². The molecule has 3 heterocycles. The Labute approximate surface area is 95.3 Å². The highest BCUT2D eigenvalue weighted by Crippen LogP contribution is 2.39. The first-order valence-electron chi connectivity index (χ1n) is 5.72. The van der Waals surface area contributed by atoms with Crippen molar-refractivity contribution in [3.63, 3.8) is 0 Å². The Morgan fingerprint density at radius 1 is 1.53 bits per heavy atom. The van der Waals surface area contributed by atoms with Gasteiger partial charge in [0.05, 0.1) is 6.04 Å². The molecule has 0 radical (unpaired) electrons. The molecule has 2 aliphatic rings. The Morgan fingerprint density at radius 3 is 3.27 bits per heavy atom. The van der Waals surface area contributed by atoms with E-state index < -0.39 is 0 Å². The fourth-order valence-corrected chi connectivity index (χ4v) is 4.00. The van der Waals surface area contributed by atoms with E-state index in [1.807, 2.05) is 11.3 Å². The average molecular weight is 222 g/mol. The number of nitrogens with zero attached hydrogens (tertiary/aromatic N) is 1. The zero-order chi connectivity index (χ0) is 10.5. The lowest BCUT2D eigenvalue weighted by atomic mass is 9.90. The Kier molecular flexibility index (Phi) is 2.16. The third kappa shape index (κ3) is 1.45. The molecule has 1 saturated heterocycles. The van der Waals surface area contributed by atoms with Gasteiger partial charge in [0.1, 0.15) is 0 Å². The van der Waals surface area contributed by atoms with Gasteiger partial charge in [-0.25, -0.2) is 0 Å². The molecular weight excluding hydrogens is 204 g/mol. The van der Waals surface area contributed by atoms with Gasteiger partial charge in [0, 0.05) is 30.1 Å². The number of thiophene rings is 1. The number of piperazine rings is 1. The predicted octanol–water partition coefficient (Wildman–Crippen LogP) is 2.03. The van der Waals surface area contributed by atoms with Crippen molar-refractivity contribution in [3.05, 3.63) is 21.9 Å². The van der Waals surface area contributed by atoms with Gasteiger partial charge in [0.25, 0.3) is 0 Å². The van der Waals surface area contributed by atoms with Crippen LogP contribution in [0.25, 0.3) is 0 Å². The van der Waals surface area contributed by atoms with Crippen LogP contribution in [0.2, 0.25) is 0 Å². The highest BCUT2D eigenvalue weighted by molar-refractivity contribution is 7.10. The third-order valence-corrected chi connectivity index (χ3v) is 4.81. The van der Waals surface area contributed by atoms with Gasteiger partial charge in [-0.2, -0.15) is 0 Å². The number of hydrogen-bond donors (Lipinski definition) is 1. The maximum absolute atomic E-state index is 3.57. The molecule has 1 atom stereocenters. The number of hydrogen-bond acceptors (Lipinski definition) is 3. The lowest BCUT2D eigenvalue weighted by Gasteiger charge is -2.50. The van der Waals surface area contributed by atoms with Crippen LogP contribution in [0.1, 0.15) is 30.3 Å². The van der Waals surface area contributed by atoms with Crippen molar-refractivity contribution >= 4 is 11.3 Å². The Balaban J connectivity index is 1.99. The SMILES string of the molecule is CC1(C)CNCC2c3sccc3CCN21. The Morgan fingerprint density at radius 2 is 2.40 bits per heavy atom. The summed E-state index contributed by atoms with van der Waals surface area (Å²) in [6.07, 6.45) is 1.23. The maximum Gasteiger partial charge on any atom is 0.0574 e. The fourth-order valence-electron chi connectivity index (χ4n) is 2.93. The van der Waals surface area contributed by atoms with Crippen molar-refractivity contribution in [1.82, 2.24) is 10.2 Å². The predicted molar refractivity (Wildman–Crippen MR) is 64.4 cm³/mol. The summed E-state index contributed by atoms with van der Waals surface area (Å²) < 4.78 is 0. The Hall–Kier alpha value is -0.380. The minimum Gasteiger partial charge on any atom is -0.313 e. The van der Waals surface area contributed by atoms with Crippen LogP contribution in [0.15, 0.2) is 11.4 Å². The van der Waals surface area contributed by atoms with Crippen molar-refractivity contribution in [2.75, 3.05) is 19.6 Å². The van der Waals surface area contributed by atoms with E-state index in [9.17, 15) is 0 Å². The first-order chi connectivity index (χ1) is 7.18. The van der Waals surface area contributed by atoms with Gasteiger partial charge in [0.2, 0.25) is 0 Å². The molecule has 82 valence electrons. The summed E-state index contributed by atoms with van der Waals surface area (Å²) in [5.41, 5.74) is 1.89. The molecule has 1 unspecified atom stereocenters. The summed E-state index contributed by atoms with van der Waals surface area (Å²) >= 11 is 1.93. The van der Waals surface area contributed by atoms with Crippen LogP contribution in [-0.2, 0) is 6.42 Å². The molecule has 3 rings (SSSR count). The van der Waals surface area contributed by atoms with E-state index in [1.165, 1.54) is 13.0 Å². The number of fused-ring (bicyclic) bond motifs is 3. The molecule has 0 aliphatic carbocycles. The first-order valence-corrected chi connectivity index (χ1v) is 6.60. The minimum atomic E-state index is 0.310. The average Bonchev–Trinajstić information content (AvgIpc) is 2.65. The van der Waals surface area contributed by atoms with Crippen LogP contribution < -0.4 is 5.32 Å². The molecule has 0 amide bonds. The number of rotatable bonds is 0. The second-order valence-electron chi connectivity index (χ2n) is 5.21. The highest BCUT2D eigenvalue weighted by Gasteiger charge is 2.40. The molecule has 1 fully saturated rings. The second kappa shape index (κ2) is 3.30. The van der Waals surface area contributed by atoms with E-state index in [1.54, 1.807) is 10.4 Å².